The van der Waals surface area contributed by atoms with Crippen LogP contribution in [0.25, 0.3) is 0 Å². The fourth-order valence-corrected chi connectivity index (χ4v) is 2.82. The van der Waals surface area contributed by atoms with E-state index >= 15 is 0 Å². The minimum absolute atomic E-state index is 0.0352. The van der Waals surface area contributed by atoms with E-state index in [0.717, 1.165) is 6.07 Å². The summed E-state index contributed by atoms with van der Waals surface area (Å²) in [6.45, 7) is 0. The van der Waals surface area contributed by atoms with E-state index in [9.17, 15) is 13.2 Å². The van der Waals surface area contributed by atoms with Crippen molar-refractivity contribution in [2.45, 2.75) is 4.90 Å². The van der Waals surface area contributed by atoms with Gasteiger partial charge in [-0.3, -0.25) is 0 Å². The first-order valence-corrected chi connectivity index (χ1v) is 7.58. The number of nitrogens with one attached hydrogen (secondary N) is 1. The van der Waals surface area contributed by atoms with Crippen molar-refractivity contribution >= 4 is 45.1 Å². The Morgan fingerprint density at radius 3 is 2.33 bits per heavy atom. The molecular formula is C11H7Cl2N3O4S. The molecule has 1 aromatic carbocycles. The first kappa shape index (κ1) is 15.5. The zero-order valence-electron chi connectivity index (χ0n) is 10.1. The van der Waals surface area contributed by atoms with Gasteiger partial charge < -0.3 is 5.11 Å². The van der Waals surface area contributed by atoms with Crippen LogP contribution in [0, 0.1) is 0 Å². The molecule has 0 saturated carbocycles. The Morgan fingerprint density at radius 2 is 1.76 bits per heavy atom. The second kappa shape index (κ2) is 5.84. The van der Waals surface area contributed by atoms with E-state index in [4.69, 9.17) is 28.3 Å². The number of sulfonamides is 1. The first-order valence-electron chi connectivity index (χ1n) is 5.34. The molecule has 21 heavy (non-hydrogen) atoms. The quantitative estimate of drug-likeness (QED) is 0.821. The number of carboxylic acids is 1. The Hall–Kier alpha value is -1.90. The lowest BCUT2D eigenvalue weighted by atomic mass is 10.2. The molecule has 0 aliphatic rings. The van der Waals surface area contributed by atoms with Crippen molar-refractivity contribution in [1.29, 1.82) is 0 Å². The van der Waals surface area contributed by atoms with Gasteiger partial charge in [0.2, 0.25) is 5.95 Å². The lowest BCUT2D eigenvalue weighted by Crippen LogP contribution is -2.15. The van der Waals surface area contributed by atoms with Gasteiger partial charge in [0.15, 0.2) is 0 Å². The molecule has 0 radical (unpaired) electrons. The van der Waals surface area contributed by atoms with E-state index in [1.807, 2.05) is 0 Å². The Labute approximate surface area is 129 Å². The molecule has 2 N–H and O–H groups in total. The highest BCUT2D eigenvalue weighted by molar-refractivity contribution is 7.92. The lowest BCUT2D eigenvalue weighted by Gasteiger charge is -2.07. The predicted molar refractivity (Wildman–Crippen MR) is 76.3 cm³/mol. The van der Waals surface area contributed by atoms with E-state index in [2.05, 4.69) is 14.7 Å². The van der Waals surface area contributed by atoms with Crippen LogP contribution in [0.4, 0.5) is 5.95 Å². The van der Waals surface area contributed by atoms with E-state index in [1.54, 1.807) is 0 Å². The van der Waals surface area contributed by atoms with Gasteiger partial charge in [-0.25, -0.2) is 27.9 Å². The van der Waals surface area contributed by atoms with Gasteiger partial charge in [0.1, 0.15) is 10.3 Å². The summed E-state index contributed by atoms with van der Waals surface area (Å²) in [7, 11) is -4.06. The third kappa shape index (κ3) is 3.81. The SMILES string of the molecule is O=C(O)c1cccc(S(=O)(=O)Nc2nc(Cl)cc(Cl)n2)c1. The molecule has 10 heteroatoms. The Bertz CT molecular complexity index is 791. The summed E-state index contributed by atoms with van der Waals surface area (Å²) in [5.74, 6) is -1.55. The molecule has 110 valence electrons. The summed E-state index contributed by atoms with van der Waals surface area (Å²) in [6.07, 6.45) is 0. The van der Waals surface area contributed by atoms with Crippen molar-refractivity contribution in [2.24, 2.45) is 0 Å². The summed E-state index contributed by atoms with van der Waals surface area (Å²) in [4.78, 5) is 17.9. The topological polar surface area (TPSA) is 109 Å². The van der Waals surface area contributed by atoms with Crippen LogP contribution in [0.3, 0.4) is 0 Å². The van der Waals surface area contributed by atoms with E-state index in [-0.39, 0.29) is 26.7 Å². The molecule has 0 fully saturated rings. The van der Waals surface area contributed by atoms with Crippen LogP contribution in [0.1, 0.15) is 10.4 Å². The molecule has 2 aromatic rings. The van der Waals surface area contributed by atoms with Crippen molar-refractivity contribution in [2.75, 3.05) is 4.72 Å². The van der Waals surface area contributed by atoms with Crippen LogP contribution < -0.4 is 4.72 Å². The molecule has 0 spiro atoms. The number of hydrogen-bond donors (Lipinski definition) is 2. The van der Waals surface area contributed by atoms with Crippen molar-refractivity contribution in [3.63, 3.8) is 0 Å². The van der Waals surface area contributed by atoms with Crippen molar-refractivity contribution < 1.29 is 18.3 Å². The number of hydrogen-bond acceptors (Lipinski definition) is 5. The predicted octanol–water partition coefficient (Wildman–Crippen LogP) is 2.28. The van der Waals surface area contributed by atoms with Crippen LogP contribution in [-0.4, -0.2) is 29.5 Å². The first-order chi connectivity index (χ1) is 9.78. The molecule has 0 saturated heterocycles. The molecule has 0 atom stereocenters. The van der Waals surface area contributed by atoms with Crippen LogP contribution >= 0.6 is 23.2 Å². The Morgan fingerprint density at radius 1 is 1.14 bits per heavy atom. The second-order valence-electron chi connectivity index (χ2n) is 3.78. The molecule has 0 unspecified atom stereocenters. The average Bonchev–Trinajstić information content (AvgIpc) is 2.37. The van der Waals surface area contributed by atoms with Crippen LogP contribution in [-0.2, 0) is 10.0 Å². The standard InChI is InChI=1S/C11H7Cl2N3O4S/c12-8-5-9(13)15-11(14-8)16-21(19,20)7-3-1-2-6(4-7)10(17)18/h1-5H,(H,17,18)(H,14,15,16). The van der Waals surface area contributed by atoms with Crippen LogP contribution in [0.5, 0.6) is 0 Å². The molecule has 7 nitrogen and oxygen atoms in total. The minimum Gasteiger partial charge on any atom is -0.478 e. The summed E-state index contributed by atoms with van der Waals surface area (Å²) < 4.78 is 26.3. The molecule has 1 aromatic heterocycles. The third-order valence-corrected chi connectivity index (χ3v) is 3.99. The maximum atomic E-state index is 12.1. The van der Waals surface area contributed by atoms with E-state index in [0.29, 0.717) is 0 Å². The van der Waals surface area contributed by atoms with Gasteiger partial charge in [0, 0.05) is 6.07 Å². The second-order valence-corrected chi connectivity index (χ2v) is 6.23. The van der Waals surface area contributed by atoms with Gasteiger partial charge in [0.25, 0.3) is 10.0 Å². The highest BCUT2D eigenvalue weighted by atomic mass is 35.5. The zero-order valence-corrected chi connectivity index (χ0v) is 12.4. The highest BCUT2D eigenvalue weighted by Crippen LogP contribution is 2.18. The molecule has 1 heterocycles. The normalized spacial score (nSPS) is 11.1. The minimum atomic E-state index is -4.06. The monoisotopic (exact) mass is 347 g/mol. The maximum absolute atomic E-state index is 12.1. The van der Waals surface area contributed by atoms with Crippen molar-refractivity contribution in [1.82, 2.24) is 9.97 Å². The van der Waals surface area contributed by atoms with Crippen LogP contribution in [0.15, 0.2) is 35.2 Å². The number of carboxylic acid groups (broad SMARTS) is 1. The number of benzene rings is 1. The number of aromatic carboxylic acids is 1. The van der Waals surface area contributed by atoms with Gasteiger partial charge in [-0.1, -0.05) is 29.3 Å². The van der Waals surface area contributed by atoms with Gasteiger partial charge in [-0.05, 0) is 18.2 Å². The van der Waals surface area contributed by atoms with Crippen molar-refractivity contribution in [3.05, 3.63) is 46.2 Å². The molecule has 2 rings (SSSR count). The number of aromatic nitrogens is 2. The number of halogens is 2. The van der Waals surface area contributed by atoms with Gasteiger partial charge in [-0.2, -0.15) is 0 Å². The molecule has 0 amide bonds. The summed E-state index contributed by atoms with van der Waals surface area (Å²) >= 11 is 11.3. The molecular weight excluding hydrogens is 341 g/mol. The van der Waals surface area contributed by atoms with Crippen LogP contribution in [0.2, 0.25) is 10.3 Å². The molecule has 0 aliphatic carbocycles. The Kier molecular flexibility index (Phi) is 4.31. The molecule has 0 aliphatic heterocycles. The van der Waals surface area contributed by atoms with Gasteiger partial charge in [-0.15, -0.1) is 0 Å². The molecule has 0 bridgehead atoms. The third-order valence-electron chi connectivity index (χ3n) is 2.28. The Balaban J connectivity index is 2.38. The number of anilines is 1. The average molecular weight is 348 g/mol. The maximum Gasteiger partial charge on any atom is 0.335 e. The van der Waals surface area contributed by atoms with Gasteiger partial charge in [0.05, 0.1) is 10.5 Å². The smallest absolute Gasteiger partial charge is 0.335 e. The van der Waals surface area contributed by atoms with E-state index < -0.39 is 16.0 Å². The zero-order chi connectivity index (χ0) is 15.6. The number of carbonyl (C=O) groups is 1. The van der Waals surface area contributed by atoms with Gasteiger partial charge >= 0.3 is 5.97 Å². The summed E-state index contributed by atoms with van der Waals surface area (Å²) in [5, 5.41) is 8.79. The fraction of sp³-hybridized carbons (Fsp3) is 0. The summed E-state index contributed by atoms with van der Waals surface area (Å²) in [6, 6.07) is 6.07. The largest absolute Gasteiger partial charge is 0.478 e. The highest BCUT2D eigenvalue weighted by Gasteiger charge is 2.18. The summed E-state index contributed by atoms with van der Waals surface area (Å²) in [5.41, 5.74) is -0.164. The fourth-order valence-electron chi connectivity index (χ4n) is 1.41. The number of nitrogens with zero attached hydrogens (tertiary/aromatic N) is 2. The van der Waals surface area contributed by atoms with E-state index in [1.165, 1.54) is 24.3 Å². The lowest BCUT2D eigenvalue weighted by molar-refractivity contribution is 0.0696. The van der Waals surface area contributed by atoms with Crippen molar-refractivity contribution in [3.8, 4) is 0 Å². The number of rotatable bonds is 4.